The zero-order valence-electron chi connectivity index (χ0n) is 8.19. The minimum atomic E-state index is -3.06. The van der Waals surface area contributed by atoms with E-state index in [0.717, 1.165) is 0 Å². The summed E-state index contributed by atoms with van der Waals surface area (Å²) in [6, 6.07) is 0. The topological polar surface area (TPSA) is 46.6 Å². The fraction of sp³-hybridized carbons (Fsp3) is 1.00. The Morgan fingerprint density at radius 1 is 1.38 bits per heavy atom. The van der Waals surface area contributed by atoms with Crippen LogP contribution in [0.5, 0.6) is 0 Å². The van der Waals surface area contributed by atoms with Crippen molar-refractivity contribution in [3.05, 3.63) is 0 Å². The molecule has 13 heavy (non-hydrogen) atoms. The van der Waals surface area contributed by atoms with Gasteiger partial charge < -0.3 is 4.74 Å². The molecule has 0 aromatic rings. The monoisotopic (exact) mass is 207 g/mol. The van der Waals surface area contributed by atoms with Crippen LogP contribution in [0.25, 0.3) is 0 Å². The van der Waals surface area contributed by atoms with Crippen molar-refractivity contribution in [3.63, 3.8) is 0 Å². The summed E-state index contributed by atoms with van der Waals surface area (Å²) in [7, 11) is -3.06. The molecule has 0 bridgehead atoms. The predicted molar refractivity (Wildman–Crippen MR) is 51.1 cm³/mol. The molecule has 1 saturated heterocycles. The van der Waals surface area contributed by atoms with Crippen molar-refractivity contribution in [2.45, 2.75) is 25.5 Å². The number of sulfonamides is 1. The fourth-order valence-corrected chi connectivity index (χ4v) is 2.85. The Labute approximate surface area is 79.9 Å². The average molecular weight is 207 g/mol. The summed E-state index contributed by atoms with van der Waals surface area (Å²) in [6.45, 7) is 5.71. The number of nitrogens with zero attached hydrogens (tertiary/aromatic N) is 1. The number of morpholine rings is 1. The smallest absolute Gasteiger partial charge is 0.216 e. The minimum absolute atomic E-state index is 0.273. The Balaban J connectivity index is 2.67. The lowest BCUT2D eigenvalue weighted by Crippen LogP contribution is -2.44. The third-order valence-electron chi connectivity index (χ3n) is 2.41. The number of hydrogen-bond donors (Lipinski definition) is 0. The molecule has 1 fully saturated rings. The van der Waals surface area contributed by atoms with Gasteiger partial charge in [0.1, 0.15) is 0 Å². The maximum absolute atomic E-state index is 11.8. The van der Waals surface area contributed by atoms with E-state index in [0.29, 0.717) is 32.7 Å². The van der Waals surface area contributed by atoms with Gasteiger partial charge in [-0.3, -0.25) is 0 Å². The van der Waals surface area contributed by atoms with Crippen LogP contribution < -0.4 is 0 Å². The largest absolute Gasteiger partial charge is 0.379 e. The molecule has 0 aromatic carbocycles. The van der Waals surface area contributed by atoms with Crippen LogP contribution in [0.15, 0.2) is 0 Å². The summed E-state index contributed by atoms with van der Waals surface area (Å²) < 4.78 is 30.2. The predicted octanol–water partition coefficient (Wildman–Crippen LogP) is 0.447. The first kappa shape index (κ1) is 10.9. The molecular weight excluding hydrogens is 190 g/mol. The summed E-state index contributed by atoms with van der Waals surface area (Å²) in [5.41, 5.74) is 0. The van der Waals surface area contributed by atoms with Crippen molar-refractivity contribution < 1.29 is 13.2 Å². The van der Waals surface area contributed by atoms with Gasteiger partial charge in [0, 0.05) is 13.1 Å². The van der Waals surface area contributed by atoms with E-state index in [1.54, 1.807) is 6.92 Å². The molecule has 5 heteroatoms. The lowest BCUT2D eigenvalue weighted by atomic mass is 10.4. The normalized spacial score (nSPS) is 22.9. The van der Waals surface area contributed by atoms with Crippen LogP contribution >= 0.6 is 0 Å². The van der Waals surface area contributed by atoms with Crippen molar-refractivity contribution in [1.82, 2.24) is 4.31 Å². The summed E-state index contributed by atoms with van der Waals surface area (Å²) in [6.07, 6.45) is 0.666. The molecule has 0 spiro atoms. The first-order valence-electron chi connectivity index (χ1n) is 4.65. The van der Waals surface area contributed by atoms with Gasteiger partial charge in [0.25, 0.3) is 0 Å². The molecule has 0 radical (unpaired) electrons. The average Bonchev–Trinajstić information content (AvgIpc) is 2.18. The van der Waals surface area contributed by atoms with E-state index in [1.165, 1.54) is 4.31 Å². The van der Waals surface area contributed by atoms with Crippen molar-refractivity contribution in [2.75, 3.05) is 26.3 Å². The standard InChI is InChI=1S/C8H17NO3S/c1-3-8(2)13(10,11)9-4-6-12-7-5-9/h8H,3-7H2,1-2H3. The third kappa shape index (κ3) is 2.42. The second-order valence-electron chi connectivity index (χ2n) is 3.28. The van der Waals surface area contributed by atoms with Gasteiger partial charge in [-0.25, -0.2) is 8.42 Å². The highest BCUT2D eigenvalue weighted by Crippen LogP contribution is 2.13. The molecule has 1 heterocycles. The molecule has 0 N–H and O–H groups in total. The fourth-order valence-electron chi connectivity index (χ4n) is 1.27. The van der Waals surface area contributed by atoms with Crippen molar-refractivity contribution in [3.8, 4) is 0 Å². The van der Waals surface area contributed by atoms with Crippen LogP contribution in [0.3, 0.4) is 0 Å². The van der Waals surface area contributed by atoms with Crippen LogP contribution in [0.1, 0.15) is 20.3 Å². The van der Waals surface area contributed by atoms with Crippen molar-refractivity contribution >= 4 is 10.0 Å². The second-order valence-corrected chi connectivity index (χ2v) is 5.63. The van der Waals surface area contributed by atoms with Crippen LogP contribution in [0.4, 0.5) is 0 Å². The number of rotatable bonds is 3. The summed E-state index contributed by atoms with van der Waals surface area (Å²) in [4.78, 5) is 0. The van der Waals surface area contributed by atoms with Crippen LogP contribution in [-0.2, 0) is 14.8 Å². The SMILES string of the molecule is CCC(C)S(=O)(=O)N1CCOCC1. The van der Waals surface area contributed by atoms with Crippen LogP contribution in [-0.4, -0.2) is 44.3 Å². The quantitative estimate of drug-likeness (QED) is 0.675. The molecule has 0 saturated carbocycles. The lowest BCUT2D eigenvalue weighted by molar-refractivity contribution is 0.0726. The summed E-state index contributed by atoms with van der Waals surface area (Å²) >= 11 is 0. The Hall–Kier alpha value is -0.130. The first-order chi connectivity index (χ1) is 6.09. The van der Waals surface area contributed by atoms with Crippen LogP contribution in [0, 0.1) is 0 Å². The minimum Gasteiger partial charge on any atom is -0.379 e. The van der Waals surface area contributed by atoms with Gasteiger partial charge in [-0.2, -0.15) is 4.31 Å². The lowest BCUT2D eigenvalue weighted by Gasteiger charge is -2.28. The molecule has 0 aromatic heterocycles. The zero-order chi connectivity index (χ0) is 9.90. The van der Waals surface area contributed by atoms with E-state index in [2.05, 4.69) is 0 Å². The Bertz CT molecular complexity index is 244. The van der Waals surface area contributed by atoms with Crippen molar-refractivity contribution in [1.29, 1.82) is 0 Å². The molecule has 1 unspecified atom stereocenters. The molecule has 0 amide bonds. The second kappa shape index (κ2) is 4.39. The van der Waals surface area contributed by atoms with E-state index in [-0.39, 0.29) is 5.25 Å². The molecule has 78 valence electrons. The van der Waals surface area contributed by atoms with E-state index < -0.39 is 10.0 Å². The van der Waals surface area contributed by atoms with E-state index in [1.807, 2.05) is 6.92 Å². The van der Waals surface area contributed by atoms with Gasteiger partial charge >= 0.3 is 0 Å². The van der Waals surface area contributed by atoms with Gasteiger partial charge in [0.15, 0.2) is 0 Å². The Kier molecular flexibility index (Phi) is 3.70. The van der Waals surface area contributed by atoms with Gasteiger partial charge in [0.05, 0.1) is 18.5 Å². The van der Waals surface area contributed by atoms with Crippen LogP contribution in [0.2, 0.25) is 0 Å². The van der Waals surface area contributed by atoms with Gasteiger partial charge in [-0.15, -0.1) is 0 Å². The Morgan fingerprint density at radius 2 is 1.92 bits per heavy atom. The highest BCUT2D eigenvalue weighted by molar-refractivity contribution is 7.89. The molecule has 1 aliphatic heterocycles. The molecule has 1 atom stereocenters. The van der Waals surface area contributed by atoms with Crippen molar-refractivity contribution in [2.24, 2.45) is 0 Å². The zero-order valence-corrected chi connectivity index (χ0v) is 9.01. The Morgan fingerprint density at radius 3 is 2.38 bits per heavy atom. The first-order valence-corrected chi connectivity index (χ1v) is 6.16. The molecule has 0 aliphatic carbocycles. The summed E-state index contributed by atoms with van der Waals surface area (Å²) in [5, 5.41) is -0.273. The molecule has 1 aliphatic rings. The van der Waals surface area contributed by atoms with E-state index in [4.69, 9.17) is 4.74 Å². The maximum atomic E-state index is 11.8. The molecule has 1 rings (SSSR count). The third-order valence-corrected chi connectivity index (χ3v) is 4.85. The summed E-state index contributed by atoms with van der Waals surface area (Å²) in [5.74, 6) is 0. The number of hydrogen-bond acceptors (Lipinski definition) is 3. The van der Waals surface area contributed by atoms with E-state index >= 15 is 0 Å². The highest BCUT2D eigenvalue weighted by Gasteiger charge is 2.28. The number of ether oxygens (including phenoxy) is 1. The highest BCUT2D eigenvalue weighted by atomic mass is 32.2. The van der Waals surface area contributed by atoms with Gasteiger partial charge in [-0.05, 0) is 13.3 Å². The maximum Gasteiger partial charge on any atom is 0.216 e. The molecule has 4 nitrogen and oxygen atoms in total. The van der Waals surface area contributed by atoms with E-state index in [9.17, 15) is 8.42 Å². The molecular formula is C8H17NO3S. The van der Waals surface area contributed by atoms with Gasteiger partial charge in [-0.1, -0.05) is 6.92 Å². The van der Waals surface area contributed by atoms with Gasteiger partial charge in [0.2, 0.25) is 10.0 Å².